The van der Waals surface area contributed by atoms with E-state index in [1.165, 1.54) is 0 Å². The number of nitrogens with zero attached hydrogens (tertiary/aromatic N) is 6. The molecule has 3 aromatic rings. The SMILES string of the molecule is O=S(=O)(c1cc(F)ccc1F)N1CCN(c2ccc(-n3cccn3)nn2)CC1. The number of hydrogen-bond donors (Lipinski definition) is 0. The molecule has 0 amide bonds. The van der Waals surface area contributed by atoms with Crippen LogP contribution in [0, 0.1) is 11.6 Å². The Morgan fingerprint density at radius 1 is 0.929 bits per heavy atom. The molecule has 0 bridgehead atoms. The van der Waals surface area contributed by atoms with Crippen molar-refractivity contribution in [3.63, 3.8) is 0 Å². The zero-order valence-electron chi connectivity index (χ0n) is 14.6. The molecule has 2 aromatic heterocycles. The van der Waals surface area contributed by atoms with Crippen molar-refractivity contribution in [1.29, 1.82) is 0 Å². The van der Waals surface area contributed by atoms with Crippen molar-refractivity contribution in [2.75, 3.05) is 31.1 Å². The van der Waals surface area contributed by atoms with Gasteiger partial charge in [0, 0.05) is 38.6 Å². The van der Waals surface area contributed by atoms with Gasteiger partial charge in [0.25, 0.3) is 0 Å². The second-order valence-electron chi connectivity index (χ2n) is 6.17. The van der Waals surface area contributed by atoms with E-state index in [1.807, 2.05) is 4.90 Å². The molecule has 0 spiro atoms. The molecule has 0 saturated carbocycles. The highest BCUT2D eigenvalue weighted by molar-refractivity contribution is 7.89. The van der Waals surface area contributed by atoms with Crippen LogP contribution in [-0.4, -0.2) is 58.9 Å². The van der Waals surface area contributed by atoms with E-state index < -0.39 is 26.6 Å². The molecule has 0 aliphatic carbocycles. The third kappa shape index (κ3) is 3.45. The lowest BCUT2D eigenvalue weighted by Gasteiger charge is -2.34. The van der Waals surface area contributed by atoms with E-state index in [0.29, 0.717) is 30.8 Å². The lowest BCUT2D eigenvalue weighted by Crippen LogP contribution is -2.49. The number of hydrogen-bond acceptors (Lipinski definition) is 6. The molecule has 0 N–H and O–H groups in total. The Labute approximate surface area is 160 Å². The summed E-state index contributed by atoms with van der Waals surface area (Å²) < 4.78 is 55.3. The van der Waals surface area contributed by atoms with Gasteiger partial charge in [0.2, 0.25) is 10.0 Å². The van der Waals surface area contributed by atoms with Crippen molar-refractivity contribution < 1.29 is 17.2 Å². The molecule has 1 saturated heterocycles. The zero-order chi connectivity index (χ0) is 19.7. The molecule has 8 nitrogen and oxygen atoms in total. The van der Waals surface area contributed by atoms with Gasteiger partial charge in [-0.2, -0.15) is 9.40 Å². The van der Waals surface area contributed by atoms with Gasteiger partial charge in [-0.1, -0.05) is 0 Å². The quantitative estimate of drug-likeness (QED) is 0.652. The number of rotatable bonds is 4. The molecule has 0 atom stereocenters. The molecule has 1 aliphatic rings. The molecule has 0 unspecified atom stereocenters. The van der Waals surface area contributed by atoms with Gasteiger partial charge in [0.1, 0.15) is 16.5 Å². The van der Waals surface area contributed by atoms with Gasteiger partial charge in [0.05, 0.1) is 0 Å². The molecule has 1 fully saturated rings. The van der Waals surface area contributed by atoms with Gasteiger partial charge >= 0.3 is 0 Å². The number of halogens is 2. The highest BCUT2D eigenvalue weighted by Crippen LogP contribution is 2.23. The molecule has 11 heteroatoms. The lowest BCUT2D eigenvalue weighted by atomic mass is 10.3. The predicted molar refractivity (Wildman–Crippen MR) is 96.5 cm³/mol. The van der Waals surface area contributed by atoms with Gasteiger partial charge in [-0.3, -0.25) is 0 Å². The molecule has 0 radical (unpaired) electrons. The highest BCUT2D eigenvalue weighted by Gasteiger charge is 2.31. The summed E-state index contributed by atoms with van der Waals surface area (Å²) in [4.78, 5) is 1.23. The van der Waals surface area contributed by atoms with E-state index in [4.69, 9.17) is 0 Å². The van der Waals surface area contributed by atoms with Gasteiger partial charge in [-0.05, 0) is 36.4 Å². The fraction of sp³-hybridized carbons (Fsp3) is 0.235. The van der Waals surface area contributed by atoms with Crippen molar-refractivity contribution in [2.24, 2.45) is 0 Å². The molecule has 4 rings (SSSR count). The first-order valence-corrected chi connectivity index (χ1v) is 9.93. The van der Waals surface area contributed by atoms with Crippen molar-refractivity contribution in [1.82, 2.24) is 24.3 Å². The van der Waals surface area contributed by atoms with Gasteiger partial charge in [0.15, 0.2) is 11.6 Å². The topological polar surface area (TPSA) is 84.2 Å². The lowest BCUT2D eigenvalue weighted by molar-refractivity contribution is 0.380. The van der Waals surface area contributed by atoms with Crippen LogP contribution in [0.1, 0.15) is 0 Å². The maximum atomic E-state index is 13.9. The molecule has 1 aliphatic heterocycles. The van der Waals surface area contributed by atoms with Crippen LogP contribution in [0.5, 0.6) is 0 Å². The molecule has 3 heterocycles. The first-order chi connectivity index (χ1) is 13.4. The van der Waals surface area contributed by atoms with Crippen LogP contribution < -0.4 is 4.90 Å². The normalized spacial score (nSPS) is 15.7. The van der Waals surface area contributed by atoms with Crippen molar-refractivity contribution in [3.05, 3.63) is 60.4 Å². The average Bonchev–Trinajstić information content (AvgIpc) is 3.25. The van der Waals surface area contributed by atoms with Crippen LogP contribution in [0.25, 0.3) is 5.82 Å². The van der Waals surface area contributed by atoms with Crippen LogP contribution in [0.15, 0.2) is 53.7 Å². The predicted octanol–water partition coefficient (Wildman–Crippen LogP) is 1.45. The summed E-state index contributed by atoms with van der Waals surface area (Å²) in [5.74, 6) is -0.600. The molecular weight excluding hydrogens is 390 g/mol. The summed E-state index contributed by atoms with van der Waals surface area (Å²) in [6, 6.07) is 7.72. The number of benzene rings is 1. The van der Waals surface area contributed by atoms with Crippen molar-refractivity contribution in [3.8, 4) is 5.82 Å². The monoisotopic (exact) mass is 406 g/mol. The smallest absolute Gasteiger partial charge is 0.246 e. The molecule has 146 valence electrons. The van der Waals surface area contributed by atoms with Crippen molar-refractivity contribution >= 4 is 15.8 Å². The largest absolute Gasteiger partial charge is 0.352 e. The molecule has 28 heavy (non-hydrogen) atoms. The Hall–Kier alpha value is -2.92. The number of aromatic nitrogens is 4. The highest BCUT2D eigenvalue weighted by atomic mass is 32.2. The van der Waals surface area contributed by atoms with Crippen LogP contribution >= 0.6 is 0 Å². The van der Waals surface area contributed by atoms with E-state index in [-0.39, 0.29) is 13.1 Å². The number of piperazine rings is 1. The van der Waals surface area contributed by atoms with Gasteiger partial charge < -0.3 is 4.90 Å². The summed E-state index contributed by atoms with van der Waals surface area (Å²) in [5, 5.41) is 12.4. The van der Waals surface area contributed by atoms with Crippen LogP contribution in [0.4, 0.5) is 14.6 Å². The fourth-order valence-corrected chi connectivity index (χ4v) is 4.48. The summed E-state index contributed by atoms with van der Waals surface area (Å²) >= 11 is 0. The first-order valence-electron chi connectivity index (χ1n) is 8.49. The summed E-state index contributed by atoms with van der Waals surface area (Å²) in [6.45, 7) is 0.958. The second kappa shape index (κ2) is 7.24. The second-order valence-corrected chi connectivity index (χ2v) is 8.07. The summed E-state index contributed by atoms with van der Waals surface area (Å²) in [6.07, 6.45) is 3.38. The minimum Gasteiger partial charge on any atom is -0.352 e. The zero-order valence-corrected chi connectivity index (χ0v) is 15.4. The van der Waals surface area contributed by atoms with Crippen molar-refractivity contribution in [2.45, 2.75) is 4.90 Å². The summed E-state index contributed by atoms with van der Waals surface area (Å²) in [7, 11) is -4.11. The molecule has 1 aromatic carbocycles. The van der Waals surface area contributed by atoms with E-state index in [9.17, 15) is 17.2 Å². The maximum Gasteiger partial charge on any atom is 0.246 e. The maximum absolute atomic E-state index is 13.9. The Morgan fingerprint density at radius 2 is 1.64 bits per heavy atom. The van der Waals surface area contributed by atoms with Crippen LogP contribution in [0.3, 0.4) is 0 Å². The molecular formula is C17H16F2N6O2S. The van der Waals surface area contributed by atoms with E-state index >= 15 is 0 Å². The Morgan fingerprint density at radius 3 is 2.29 bits per heavy atom. The van der Waals surface area contributed by atoms with Gasteiger partial charge in [-0.15, -0.1) is 10.2 Å². The first kappa shape index (κ1) is 18.4. The summed E-state index contributed by atoms with van der Waals surface area (Å²) in [5.41, 5.74) is 0. The Kier molecular flexibility index (Phi) is 4.77. The van der Waals surface area contributed by atoms with Crippen LogP contribution in [0.2, 0.25) is 0 Å². The third-order valence-electron chi connectivity index (χ3n) is 4.45. The average molecular weight is 406 g/mol. The standard InChI is InChI=1S/C17H16F2N6O2S/c18-13-2-3-14(19)15(12-13)28(26,27)24-10-8-23(9-11-24)16-4-5-17(22-21-16)25-7-1-6-20-25/h1-7,12H,8-11H2. The van der Waals surface area contributed by atoms with Gasteiger partial charge in [-0.25, -0.2) is 21.9 Å². The Balaban J connectivity index is 1.46. The minimum atomic E-state index is -4.11. The third-order valence-corrected chi connectivity index (χ3v) is 6.36. The minimum absolute atomic E-state index is 0.126. The number of anilines is 1. The van der Waals surface area contributed by atoms with E-state index in [2.05, 4.69) is 15.3 Å². The van der Waals surface area contributed by atoms with E-state index in [0.717, 1.165) is 16.4 Å². The Bertz CT molecular complexity index is 1070. The van der Waals surface area contributed by atoms with E-state index in [1.54, 1.807) is 35.3 Å². The fourth-order valence-electron chi connectivity index (χ4n) is 2.98. The van der Waals surface area contributed by atoms with Crippen LogP contribution in [-0.2, 0) is 10.0 Å². The number of sulfonamides is 1.